The summed E-state index contributed by atoms with van der Waals surface area (Å²) < 4.78 is 6.75. The molecule has 2 amide bonds. The Labute approximate surface area is 176 Å². The van der Waals surface area contributed by atoms with E-state index in [2.05, 4.69) is 26.1 Å². The number of anilines is 2. The summed E-state index contributed by atoms with van der Waals surface area (Å²) in [5.74, 6) is 0.212. The molecule has 2 saturated heterocycles. The van der Waals surface area contributed by atoms with Gasteiger partial charge in [0.25, 0.3) is 11.8 Å². The molecule has 2 aromatic rings. The molecule has 6 nitrogen and oxygen atoms in total. The first-order valence-corrected chi connectivity index (χ1v) is 10.2. The number of nitrogens with zero attached hydrogens (tertiary/aromatic N) is 2. The zero-order valence-electron chi connectivity index (χ0n) is 15.0. The summed E-state index contributed by atoms with van der Waals surface area (Å²) in [5.41, 5.74) is 0.564. The van der Waals surface area contributed by atoms with Crippen LogP contribution in [0.15, 0.2) is 50.9 Å². The fraction of sp³-hybridized carbons (Fsp3) is 0.250. The van der Waals surface area contributed by atoms with Gasteiger partial charge in [0.05, 0.1) is 5.69 Å². The van der Waals surface area contributed by atoms with Gasteiger partial charge in [-0.2, -0.15) is 0 Å². The molecule has 4 rings (SSSR count). The minimum Gasteiger partial charge on any atom is -0.441 e. The van der Waals surface area contributed by atoms with E-state index in [1.54, 1.807) is 18.2 Å². The number of carbonyl (C=O) groups excluding carboxylic acids is 2. The number of rotatable bonds is 3. The number of hydrogen-bond donors (Lipinski definition) is 1. The van der Waals surface area contributed by atoms with Crippen LogP contribution in [0.1, 0.15) is 25.0 Å². The van der Waals surface area contributed by atoms with E-state index in [0.29, 0.717) is 11.4 Å². The van der Waals surface area contributed by atoms with Crippen molar-refractivity contribution in [3.63, 3.8) is 0 Å². The van der Waals surface area contributed by atoms with Gasteiger partial charge in [0.1, 0.15) is 11.3 Å². The van der Waals surface area contributed by atoms with E-state index < -0.39 is 11.8 Å². The predicted octanol–water partition coefficient (Wildman–Crippen LogP) is 3.86. The first-order valence-electron chi connectivity index (χ1n) is 9.05. The molecule has 1 aromatic heterocycles. The summed E-state index contributed by atoms with van der Waals surface area (Å²) in [6.07, 6.45) is 4.97. The predicted molar refractivity (Wildman–Crippen MR) is 115 cm³/mol. The number of carbonyl (C=O) groups is 2. The van der Waals surface area contributed by atoms with Gasteiger partial charge in [-0.15, -0.1) is 0 Å². The van der Waals surface area contributed by atoms with Crippen molar-refractivity contribution in [3.8, 4) is 0 Å². The highest BCUT2D eigenvalue weighted by atomic mass is 79.9. The number of piperidine rings is 1. The first-order chi connectivity index (χ1) is 13.5. The van der Waals surface area contributed by atoms with E-state index in [4.69, 9.17) is 16.6 Å². The second kappa shape index (κ2) is 7.89. The van der Waals surface area contributed by atoms with Crippen molar-refractivity contribution in [2.45, 2.75) is 19.3 Å². The Bertz CT molecular complexity index is 961. The molecule has 1 N–H and O–H groups in total. The maximum Gasteiger partial charge on any atom is 0.270 e. The number of amides is 2. The smallest absolute Gasteiger partial charge is 0.270 e. The molecule has 2 aliphatic heterocycles. The van der Waals surface area contributed by atoms with Gasteiger partial charge in [0.2, 0.25) is 0 Å². The molecule has 2 aliphatic rings. The fourth-order valence-corrected chi connectivity index (χ4v) is 3.87. The Kier molecular flexibility index (Phi) is 5.32. The summed E-state index contributed by atoms with van der Waals surface area (Å²) in [6.45, 7) is 1.91. The standard InChI is InChI=1S/C20H18BrN3O3S/c21-13-4-6-14(7-5-13)24-19(26)16(18(25)22-20(24)28)12-15-8-9-17(27-15)23-10-2-1-3-11-23/h4-9,12H,1-3,10-11H2,(H,22,25,28). The molecule has 0 atom stereocenters. The van der Waals surface area contributed by atoms with E-state index in [-0.39, 0.29) is 10.7 Å². The summed E-state index contributed by atoms with van der Waals surface area (Å²) in [6, 6.07) is 10.8. The lowest BCUT2D eigenvalue weighted by Crippen LogP contribution is -2.54. The number of benzene rings is 1. The van der Waals surface area contributed by atoms with Crippen LogP contribution in [0.25, 0.3) is 6.08 Å². The average molecular weight is 460 g/mol. The van der Waals surface area contributed by atoms with Crippen molar-refractivity contribution in [1.29, 1.82) is 0 Å². The van der Waals surface area contributed by atoms with Crippen LogP contribution in [0.5, 0.6) is 0 Å². The number of furan rings is 1. The van der Waals surface area contributed by atoms with Crippen LogP contribution in [-0.2, 0) is 9.59 Å². The van der Waals surface area contributed by atoms with E-state index in [0.717, 1.165) is 36.3 Å². The SMILES string of the molecule is O=C1NC(=S)N(c2ccc(Br)cc2)C(=O)C1=Cc1ccc(N2CCCCC2)o1. The van der Waals surface area contributed by atoms with Crippen LogP contribution in [0.2, 0.25) is 0 Å². The molecule has 0 radical (unpaired) electrons. The van der Waals surface area contributed by atoms with Crippen LogP contribution < -0.4 is 15.1 Å². The third kappa shape index (κ3) is 3.74. The zero-order valence-corrected chi connectivity index (χ0v) is 17.4. The van der Waals surface area contributed by atoms with Crippen molar-refractivity contribution in [1.82, 2.24) is 5.32 Å². The molecule has 8 heteroatoms. The molecule has 0 aliphatic carbocycles. The van der Waals surface area contributed by atoms with Crippen LogP contribution in [0, 0.1) is 0 Å². The summed E-state index contributed by atoms with van der Waals surface area (Å²) in [4.78, 5) is 28.9. The molecule has 144 valence electrons. The lowest BCUT2D eigenvalue weighted by atomic mass is 10.1. The van der Waals surface area contributed by atoms with Crippen molar-refractivity contribution < 1.29 is 14.0 Å². The summed E-state index contributed by atoms with van der Waals surface area (Å²) in [5, 5.41) is 2.64. The van der Waals surface area contributed by atoms with Crippen molar-refractivity contribution in [2.75, 3.05) is 22.9 Å². The second-order valence-corrected chi connectivity index (χ2v) is 7.96. The van der Waals surface area contributed by atoms with Gasteiger partial charge >= 0.3 is 0 Å². The van der Waals surface area contributed by atoms with Gasteiger partial charge in [-0.25, -0.2) is 0 Å². The van der Waals surface area contributed by atoms with Gasteiger partial charge < -0.3 is 9.32 Å². The monoisotopic (exact) mass is 459 g/mol. The van der Waals surface area contributed by atoms with Crippen LogP contribution in [-0.4, -0.2) is 30.0 Å². The van der Waals surface area contributed by atoms with Crippen LogP contribution >= 0.6 is 28.1 Å². The van der Waals surface area contributed by atoms with Crippen LogP contribution in [0.3, 0.4) is 0 Å². The molecule has 28 heavy (non-hydrogen) atoms. The van der Waals surface area contributed by atoms with Gasteiger partial charge in [-0.3, -0.25) is 19.8 Å². The Morgan fingerprint density at radius 2 is 1.75 bits per heavy atom. The van der Waals surface area contributed by atoms with Crippen LogP contribution in [0.4, 0.5) is 11.6 Å². The molecule has 0 saturated carbocycles. The zero-order chi connectivity index (χ0) is 19.7. The van der Waals surface area contributed by atoms with E-state index in [1.807, 2.05) is 18.2 Å². The molecule has 1 aromatic carbocycles. The van der Waals surface area contributed by atoms with Gasteiger partial charge in [0.15, 0.2) is 11.0 Å². The lowest BCUT2D eigenvalue weighted by molar-refractivity contribution is -0.122. The van der Waals surface area contributed by atoms with Crippen molar-refractivity contribution in [2.24, 2.45) is 0 Å². The first kappa shape index (κ1) is 18.9. The van der Waals surface area contributed by atoms with Crippen molar-refractivity contribution in [3.05, 3.63) is 52.2 Å². The molecular weight excluding hydrogens is 442 g/mol. The number of halogens is 1. The highest BCUT2D eigenvalue weighted by Gasteiger charge is 2.34. The third-order valence-corrected chi connectivity index (χ3v) is 5.57. The highest BCUT2D eigenvalue weighted by Crippen LogP contribution is 2.26. The minimum absolute atomic E-state index is 0.0175. The highest BCUT2D eigenvalue weighted by molar-refractivity contribution is 9.10. The molecule has 0 unspecified atom stereocenters. The summed E-state index contributed by atoms with van der Waals surface area (Å²) in [7, 11) is 0. The second-order valence-electron chi connectivity index (χ2n) is 6.66. The van der Waals surface area contributed by atoms with E-state index >= 15 is 0 Å². The van der Waals surface area contributed by atoms with Crippen molar-refractivity contribution >= 4 is 62.7 Å². The number of thiocarbonyl (C=S) groups is 1. The molecule has 3 heterocycles. The topological polar surface area (TPSA) is 65.8 Å². The number of nitrogens with one attached hydrogen (secondary N) is 1. The molecule has 2 fully saturated rings. The van der Waals surface area contributed by atoms with E-state index in [1.165, 1.54) is 17.4 Å². The maximum atomic E-state index is 13.0. The molecule has 0 bridgehead atoms. The lowest BCUT2D eigenvalue weighted by Gasteiger charge is -2.28. The molecular formula is C20H18BrN3O3S. The largest absolute Gasteiger partial charge is 0.441 e. The average Bonchev–Trinajstić information content (AvgIpc) is 3.16. The Morgan fingerprint density at radius 3 is 2.46 bits per heavy atom. The fourth-order valence-electron chi connectivity index (χ4n) is 3.33. The van der Waals surface area contributed by atoms with Gasteiger partial charge in [-0.05, 0) is 67.9 Å². The maximum absolute atomic E-state index is 13.0. The molecule has 0 spiro atoms. The normalized spacial score (nSPS) is 19.3. The van der Waals surface area contributed by atoms with Gasteiger partial charge in [-0.1, -0.05) is 15.9 Å². The Morgan fingerprint density at radius 1 is 1.04 bits per heavy atom. The van der Waals surface area contributed by atoms with E-state index in [9.17, 15) is 9.59 Å². The summed E-state index contributed by atoms with van der Waals surface area (Å²) >= 11 is 8.57. The Hall–Kier alpha value is -2.45. The quantitative estimate of drug-likeness (QED) is 0.428. The third-order valence-electron chi connectivity index (χ3n) is 4.75. The minimum atomic E-state index is -0.528. The number of hydrogen-bond acceptors (Lipinski definition) is 5. The Balaban J connectivity index is 1.61. The van der Waals surface area contributed by atoms with Gasteiger partial charge in [0, 0.05) is 23.6 Å².